The molecule has 0 atom stereocenters. The average molecular weight is 204 g/mol. The van der Waals surface area contributed by atoms with E-state index in [1.165, 1.54) is 13.2 Å². The van der Waals surface area contributed by atoms with Crippen LogP contribution in [0.3, 0.4) is 0 Å². The number of rotatable bonds is 1. The number of ether oxygens (including phenoxy) is 1. The lowest BCUT2D eigenvalue weighted by Crippen LogP contribution is -2.13. The quantitative estimate of drug-likeness (QED) is 0.503. The molecule has 1 aromatic rings. The fourth-order valence-electron chi connectivity index (χ4n) is 0.808. The molecular formula is C10H8N2O3. The lowest BCUT2D eigenvalue weighted by atomic mass is 10.3. The first-order valence-corrected chi connectivity index (χ1v) is 4.00. The minimum atomic E-state index is -0.665. The predicted molar refractivity (Wildman–Crippen MR) is 51.6 cm³/mol. The van der Waals surface area contributed by atoms with Gasteiger partial charge in [0.25, 0.3) is 5.91 Å². The Morgan fingerprint density at radius 3 is 2.80 bits per heavy atom. The fourth-order valence-corrected chi connectivity index (χ4v) is 0.808. The van der Waals surface area contributed by atoms with E-state index in [1.54, 1.807) is 12.1 Å². The van der Waals surface area contributed by atoms with E-state index in [2.05, 4.69) is 21.6 Å². The molecular weight excluding hydrogens is 196 g/mol. The predicted octanol–water partition coefficient (Wildman–Crippen LogP) is -0.295. The Morgan fingerprint density at radius 1 is 1.47 bits per heavy atom. The van der Waals surface area contributed by atoms with Gasteiger partial charge in [0.1, 0.15) is 11.4 Å². The molecule has 0 aliphatic heterocycles. The van der Waals surface area contributed by atoms with Crippen LogP contribution in [-0.2, 0) is 9.53 Å². The molecule has 76 valence electrons. The Hall–Kier alpha value is -2.35. The molecule has 0 spiro atoms. The number of nitrogens with zero attached hydrogens (tertiary/aromatic N) is 1. The maximum Gasteiger partial charge on any atom is 0.384 e. The summed E-state index contributed by atoms with van der Waals surface area (Å²) in [5.41, 5.74) is 5.42. The van der Waals surface area contributed by atoms with Gasteiger partial charge in [-0.05, 0) is 18.1 Å². The summed E-state index contributed by atoms with van der Waals surface area (Å²) in [4.78, 5) is 25.3. The second-order valence-electron chi connectivity index (χ2n) is 2.51. The van der Waals surface area contributed by atoms with E-state index in [-0.39, 0.29) is 11.4 Å². The molecule has 1 rings (SSSR count). The number of aromatic nitrogens is 1. The second-order valence-corrected chi connectivity index (χ2v) is 2.51. The maximum atomic E-state index is 10.8. The van der Waals surface area contributed by atoms with Crippen LogP contribution < -0.4 is 5.73 Å². The number of hydrogen-bond acceptors (Lipinski definition) is 4. The van der Waals surface area contributed by atoms with Gasteiger partial charge in [0, 0.05) is 5.92 Å². The highest BCUT2D eigenvalue weighted by Gasteiger charge is 2.01. The van der Waals surface area contributed by atoms with Crippen molar-refractivity contribution in [2.75, 3.05) is 7.11 Å². The summed E-state index contributed by atoms with van der Waals surface area (Å²) >= 11 is 0. The second kappa shape index (κ2) is 4.77. The van der Waals surface area contributed by atoms with E-state index in [0.29, 0.717) is 0 Å². The minimum Gasteiger partial charge on any atom is -0.459 e. The first-order chi connectivity index (χ1) is 7.13. The van der Waals surface area contributed by atoms with Crippen molar-refractivity contribution in [3.8, 4) is 11.8 Å². The lowest BCUT2D eigenvalue weighted by Gasteiger charge is -1.94. The van der Waals surface area contributed by atoms with Crippen LogP contribution in [0.15, 0.2) is 18.2 Å². The Morgan fingerprint density at radius 2 is 2.20 bits per heavy atom. The standard InChI is InChI=1S/C10H8N2O3/c1-15-9(13)6-5-7-3-2-4-8(12-7)10(11)14/h2-4H,1H3,(H2,11,14). The summed E-state index contributed by atoms with van der Waals surface area (Å²) in [5, 5.41) is 0. The van der Waals surface area contributed by atoms with Crippen molar-refractivity contribution in [2.45, 2.75) is 0 Å². The molecule has 5 heteroatoms. The highest BCUT2D eigenvalue weighted by Crippen LogP contribution is 1.96. The molecule has 0 aromatic carbocycles. The zero-order valence-corrected chi connectivity index (χ0v) is 7.98. The first-order valence-electron chi connectivity index (χ1n) is 4.00. The van der Waals surface area contributed by atoms with Gasteiger partial charge in [0.05, 0.1) is 7.11 Å². The molecule has 0 bridgehead atoms. The van der Waals surface area contributed by atoms with Crippen LogP contribution in [-0.4, -0.2) is 24.0 Å². The highest BCUT2D eigenvalue weighted by atomic mass is 16.5. The smallest absolute Gasteiger partial charge is 0.384 e. The molecule has 2 N–H and O–H groups in total. The van der Waals surface area contributed by atoms with Gasteiger partial charge in [0.15, 0.2) is 0 Å². The van der Waals surface area contributed by atoms with Crippen LogP contribution >= 0.6 is 0 Å². The van der Waals surface area contributed by atoms with Gasteiger partial charge in [-0.2, -0.15) is 0 Å². The number of nitrogens with two attached hydrogens (primary N) is 1. The SMILES string of the molecule is COC(=O)C#Cc1cccc(C(N)=O)n1. The number of carbonyl (C=O) groups excluding carboxylic acids is 2. The number of pyridine rings is 1. The maximum absolute atomic E-state index is 10.8. The largest absolute Gasteiger partial charge is 0.459 e. The average Bonchev–Trinajstić information content (AvgIpc) is 2.26. The summed E-state index contributed by atoms with van der Waals surface area (Å²) in [6.45, 7) is 0. The Labute approximate surface area is 86.3 Å². The van der Waals surface area contributed by atoms with Crippen molar-refractivity contribution in [3.63, 3.8) is 0 Å². The van der Waals surface area contributed by atoms with Crippen molar-refractivity contribution in [2.24, 2.45) is 5.73 Å². The Balaban J connectivity index is 2.95. The molecule has 15 heavy (non-hydrogen) atoms. The van der Waals surface area contributed by atoms with Gasteiger partial charge in [-0.1, -0.05) is 6.07 Å². The zero-order chi connectivity index (χ0) is 11.3. The van der Waals surface area contributed by atoms with Crippen LogP contribution in [0.25, 0.3) is 0 Å². The number of amides is 1. The molecule has 0 fully saturated rings. The van der Waals surface area contributed by atoms with Crippen molar-refractivity contribution < 1.29 is 14.3 Å². The van der Waals surface area contributed by atoms with Crippen LogP contribution in [0.4, 0.5) is 0 Å². The normalized spacial score (nSPS) is 8.60. The number of carbonyl (C=O) groups is 2. The monoisotopic (exact) mass is 204 g/mol. The first kappa shape index (κ1) is 10.7. The summed E-state index contributed by atoms with van der Waals surface area (Å²) in [6, 6.07) is 4.60. The molecule has 1 amide bonds. The summed E-state index contributed by atoms with van der Waals surface area (Å²) in [7, 11) is 1.23. The third kappa shape index (κ3) is 3.12. The van der Waals surface area contributed by atoms with E-state index in [1.807, 2.05) is 0 Å². The third-order valence-corrected chi connectivity index (χ3v) is 1.48. The molecule has 0 unspecified atom stereocenters. The zero-order valence-electron chi connectivity index (χ0n) is 7.98. The van der Waals surface area contributed by atoms with E-state index in [4.69, 9.17) is 5.73 Å². The van der Waals surface area contributed by atoms with Crippen LogP contribution in [0.5, 0.6) is 0 Å². The Kier molecular flexibility index (Phi) is 3.41. The molecule has 0 saturated carbocycles. The molecule has 0 radical (unpaired) electrons. The van der Waals surface area contributed by atoms with E-state index in [9.17, 15) is 9.59 Å². The van der Waals surface area contributed by atoms with Crippen molar-refractivity contribution in [1.82, 2.24) is 4.98 Å². The van der Waals surface area contributed by atoms with Crippen LogP contribution in [0, 0.1) is 11.8 Å². The van der Waals surface area contributed by atoms with Gasteiger partial charge >= 0.3 is 5.97 Å². The molecule has 5 nitrogen and oxygen atoms in total. The van der Waals surface area contributed by atoms with E-state index >= 15 is 0 Å². The number of primary amides is 1. The van der Waals surface area contributed by atoms with Gasteiger partial charge in [-0.15, -0.1) is 0 Å². The molecule has 1 heterocycles. The number of hydrogen-bond donors (Lipinski definition) is 1. The van der Waals surface area contributed by atoms with Crippen LogP contribution in [0.2, 0.25) is 0 Å². The van der Waals surface area contributed by atoms with E-state index < -0.39 is 11.9 Å². The topological polar surface area (TPSA) is 82.3 Å². The highest BCUT2D eigenvalue weighted by molar-refractivity contribution is 5.91. The van der Waals surface area contributed by atoms with Gasteiger partial charge in [-0.3, -0.25) is 4.79 Å². The van der Waals surface area contributed by atoms with E-state index in [0.717, 1.165) is 0 Å². The molecule has 0 aliphatic rings. The summed E-state index contributed by atoms with van der Waals surface area (Å²) in [5.74, 6) is 3.33. The molecule has 1 aromatic heterocycles. The number of esters is 1. The fraction of sp³-hybridized carbons (Fsp3) is 0.100. The van der Waals surface area contributed by atoms with Gasteiger partial charge in [-0.25, -0.2) is 9.78 Å². The van der Waals surface area contributed by atoms with Crippen molar-refractivity contribution in [3.05, 3.63) is 29.6 Å². The summed E-state index contributed by atoms with van der Waals surface area (Å²) in [6.07, 6.45) is 0. The van der Waals surface area contributed by atoms with Gasteiger partial charge in [0.2, 0.25) is 0 Å². The minimum absolute atomic E-state index is 0.103. The molecule has 0 saturated heterocycles. The number of methoxy groups -OCH3 is 1. The van der Waals surface area contributed by atoms with Crippen LogP contribution in [0.1, 0.15) is 16.2 Å². The van der Waals surface area contributed by atoms with Crippen molar-refractivity contribution >= 4 is 11.9 Å². The summed E-state index contributed by atoms with van der Waals surface area (Å²) < 4.78 is 4.32. The Bertz CT molecular complexity index is 457. The third-order valence-electron chi connectivity index (χ3n) is 1.48. The van der Waals surface area contributed by atoms with Gasteiger partial charge < -0.3 is 10.5 Å². The van der Waals surface area contributed by atoms with Crippen molar-refractivity contribution in [1.29, 1.82) is 0 Å². The lowest BCUT2D eigenvalue weighted by molar-refractivity contribution is -0.133. The molecule has 0 aliphatic carbocycles.